The molecule has 0 aliphatic carbocycles. The Bertz CT molecular complexity index is 637. The van der Waals surface area contributed by atoms with Crippen LogP contribution < -0.4 is 0 Å². The molecule has 0 N–H and O–H groups in total. The summed E-state index contributed by atoms with van der Waals surface area (Å²) < 4.78 is 5.38. The molecule has 0 bridgehead atoms. The number of rotatable bonds is 3. The van der Waals surface area contributed by atoms with E-state index in [-0.39, 0.29) is 5.97 Å². The van der Waals surface area contributed by atoms with E-state index in [1.165, 1.54) is 11.1 Å². The van der Waals surface area contributed by atoms with Gasteiger partial charge in [0.25, 0.3) is 0 Å². The number of likely N-dealkylation sites (N-methyl/N-ethyl adjacent to an activating group) is 1. The van der Waals surface area contributed by atoms with Gasteiger partial charge in [-0.25, -0.2) is 4.79 Å². The molecule has 2 aromatic carbocycles. The molecule has 3 nitrogen and oxygen atoms in total. The second-order valence-electron chi connectivity index (χ2n) is 5.53. The third-order valence-corrected chi connectivity index (χ3v) is 3.86. The molecular formula is C18H19NO2. The number of benzene rings is 2. The van der Waals surface area contributed by atoms with Crippen LogP contribution in [-0.4, -0.2) is 24.5 Å². The lowest BCUT2D eigenvalue weighted by molar-refractivity contribution is 0.0472. The van der Waals surface area contributed by atoms with E-state index in [1.54, 1.807) is 0 Å². The zero-order valence-electron chi connectivity index (χ0n) is 12.2. The van der Waals surface area contributed by atoms with E-state index < -0.39 is 0 Å². The fraction of sp³-hybridized carbons (Fsp3) is 0.278. The number of fused-ring (bicyclic) bond motifs is 1. The normalized spacial score (nSPS) is 14.5. The van der Waals surface area contributed by atoms with E-state index in [2.05, 4.69) is 18.0 Å². The number of carbonyl (C=O) groups is 1. The maximum absolute atomic E-state index is 12.1. The van der Waals surface area contributed by atoms with Gasteiger partial charge in [-0.05, 0) is 42.3 Å². The molecule has 0 spiro atoms. The van der Waals surface area contributed by atoms with Gasteiger partial charge in [0.05, 0.1) is 5.56 Å². The van der Waals surface area contributed by atoms with Crippen molar-refractivity contribution in [3.05, 3.63) is 70.8 Å². The zero-order chi connectivity index (χ0) is 14.7. The summed E-state index contributed by atoms with van der Waals surface area (Å²) in [4.78, 5) is 14.4. The fourth-order valence-electron chi connectivity index (χ4n) is 2.63. The highest BCUT2D eigenvalue weighted by molar-refractivity contribution is 5.89. The maximum Gasteiger partial charge on any atom is 0.338 e. The Hall–Kier alpha value is -2.13. The van der Waals surface area contributed by atoms with Gasteiger partial charge in [-0.2, -0.15) is 0 Å². The molecule has 0 fully saturated rings. The predicted octanol–water partition coefficient (Wildman–Crippen LogP) is 3.03. The van der Waals surface area contributed by atoms with Gasteiger partial charge in [0, 0.05) is 13.1 Å². The van der Waals surface area contributed by atoms with Crippen LogP contribution in [-0.2, 0) is 24.3 Å². The van der Waals surface area contributed by atoms with E-state index in [9.17, 15) is 4.79 Å². The molecule has 0 saturated heterocycles. The Morgan fingerprint density at radius 3 is 2.76 bits per heavy atom. The molecule has 1 heterocycles. The Morgan fingerprint density at radius 2 is 1.95 bits per heavy atom. The smallest absolute Gasteiger partial charge is 0.338 e. The third-order valence-electron chi connectivity index (χ3n) is 3.86. The number of hydrogen-bond acceptors (Lipinski definition) is 3. The lowest BCUT2D eigenvalue weighted by Crippen LogP contribution is -2.26. The van der Waals surface area contributed by atoms with Crippen LogP contribution in [0, 0.1) is 0 Å². The fourth-order valence-corrected chi connectivity index (χ4v) is 2.63. The van der Waals surface area contributed by atoms with Crippen LogP contribution in [0.2, 0.25) is 0 Å². The summed E-state index contributed by atoms with van der Waals surface area (Å²) in [5, 5.41) is 0. The van der Waals surface area contributed by atoms with E-state index >= 15 is 0 Å². The monoisotopic (exact) mass is 281 g/mol. The number of ether oxygens (including phenoxy) is 1. The largest absolute Gasteiger partial charge is 0.457 e. The van der Waals surface area contributed by atoms with Crippen LogP contribution >= 0.6 is 0 Å². The molecule has 0 radical (unpaired) electrons. The standard InChI is InChI=1S/C18H19NO2/c1-19-10-9-15-7-8-16(11-17(15)12-19)18(20)21-13-14-5-3-2-4-6-14/h2-8,11H,9-10,12-13H2,1H3. The first-order chi connectivity index (χ1) is 10.2. The first-order valence-electron chi connectivity index (χ1n) is 7.24. The van der Waals surface area contributed by atoms with Gasteiger partial charge < -0.3 is 9.64 Å². The van der Waals surface area contributed by atoms with Crippen molar-refractivity contribution in [1.82, 2.24) is 4.90 Å². The minimum Gasteiger partial charge on any atom is -0.457 e. The number of hydrogen-bond donors (Lipinski definition) is 0. The van der Waals surface area contributed by atoms with Crippen LogP contribution in [0.15, 0.2) is 48.5 Å². The van der Waals surface area contributed by atoms with Gasteiger partial charge >= 0.3 is 5.97 Å². The Morgan fingerprint density at radius 1 is 1.14 bits per heavy atom. The number of nitrogens with zero attached hydrogens (tertiary/aromatic N) is 1. The van der Waals surface area contributed by atoms with Gasteiger partial charge in [-0.3, -0.25) is 0 Å². The molecule has 0 saturated carbocycles. The molecule has 0 aromatic heterocycles. The summed E-state index contributed by atoms with van der Waals surface area (Å²) in [7, 11) is 2.10. The molecule has 3 rings (SSSR count). The summed E-state index contributed by atoms with van der Waals surface area (Å²) in [6.45, 7) is 2.29. The summed E-state index contributed by atoms with van der Waals surface area (Å²) in [5.41, 5.74) is 4.22. The highest BCUT2D eigenvalue weighted by Crippen LogP contribution is 2.20. The summed E-state index contributed by atoms with van der Waals surface area (Å²) in [5.74, 6) is -0.255. The molecule has 3 heteroatoms. The quantitative estimate of drug-likeness (QED) is 0.810. The molecule has 1 aliphatic rings. The molecule has 108 valence electrons. The summed E-state index contributed by atoms with van der Waals surface area (Å²) in [6, 6.07) is 15.6. The van der Waals surface area contributed by atoms with Crippen molar-refractivity contribution in [1.29, 1.82) is 0 Å². The predicted molar refractivity (Wildman–Crippen MR) is 82.0 cm³/mol. The second kappa shape index (κ2) is 6.10. The van der Waals surface area contributed by atoms with Crippen LogP contribution in [0.4, 0.5) is 0 Å². The van der Waals surface area contributed by atoms with Gasteiger partial charge in [0.2, 0.25) is 0 Å². The Labute approximate surface area is 125 Å². The van der Waals surface area contributed by atoms with E-state index in [1.807, 2.05) is 42.5 Å². The van der Waals surface area contributed by atoms with Gasteiger partial charge in [-0.15, -0.1) is 0 Å². The average Bonchev–Trinajstić information content (AvgIpc) is 2.53. The van der Waals surface area contributed by atoms with E-state index in [0.29, 0.717) is 12.2 Å². The summed E-state index contributed by atoms with van der Waals surface area (Å²) >= 11 is 0. The lowest BCUT2D eigenvalue weighted by atomic mass is 9.98. The van der Waals surface area contributed by atoms with E-state index in [4.69, 9.17) is 4.74 Å². The van der Waals surface area contributed by atoms with Crippen molar-refractivity contribution in [2.75, 3.05) is 13.6 Å². The molecule has 1 aliphatic heterocycles. The van der Waals surface area contributed by atoms with Gasteiger partial charge in [-0.1, -0.05) is 36.4 Å². The highest BCUT2D eigenvalue weighted by Gasteiger charge is 2.16. The van der Waals surface area contributed by atoms with Crippen molar-refractivity contribution in [2.24, 2.45) is 0 Å². The second-order valence-corrected chi connectivity index (χ2v) is 5.53. The first-order valence-corrected chi connectivity index (χ1v) is 7.24. The van der Waals surface area contributed by atoms with Crippen LogP contribution in [0.1, 0.15) is 27.0 Å². The average molecular weight is 281 g/mol. The van der Waals surface area contributed by atoms with Gasteiger partial charge in [0.15, 0.2) is 0 Å². The van der Waals surface area contributed by atoms with Crippen molar-refractivity contribution < 1.29 is 9.53 Å². The minimum absolute atomic E-state index is 0.255. The van der Waals surface area contributed by atoms with Gasteiger partial charge in [0.1, 0.15) is 6.61 Å². The van der Waals surface area contributed by atoms with Crippen molar-refractivity contribution >= 4 is 5.97 Å². The van der Waals surface area contributed by atoms with Crippen molar-refractivity contribution in [3.63, 3.8) is 0 Å². The van der Waals surface area contributed by atoms with E-state index in [0.717, 1.165) is 25.1 Å². The van der Waals surface area contributed by atoms with Crippen LogP contribution in [0.3, 0.4) is 0 Å². The van der Waals surface area contributed by atoms with Crippen molar-refractivity contribution in [2.45, 2.75) is 19.6 Å². The number of carbonyl (C=O) groups excluding carboxylic acids is 1. The van der Waals surface area contributed by atoms with Crippen LogP contribution in [0.5, 0.6) is 0 Å². The molecule has 2 aromatic rings. The maximum atomic E-state index is 12.1. The zero-order valence-corrected chi connectivity index (χ0v) is 12.2. The molecule has 0 atom stereocenters. The Balaban J connectivity index is 1.69. The molecular weight excluding hydrogens is 262 g/mol. The van der Waals surface area contributed by atoms with Crippen LogP contribution in [0.25, 0.3) is 0 Å². The molecule has 21 heavy (non-hydrogen) atoms. The summed E-state index contributed by atoms with van der Waals surface area (Å²) in [6.07, 6.45) is 1.05. The lowest BCUT2D eigenvalue weighted by Gasteiger charge is -2.25. The third kappa shape index (κ3) is 3.31. The Kier molecular flexibility index (Phi) is 4.02. The SMILES string of the molecule is CN1CCc2ccc(C(=O)OCc3ccccc3)cc2C1. The molecule has 0 amide bonds. The topological polar surface area (TPSA) is 29.5 Å². The number of esters is 1. The van der Waals surface area contributed by atoms with Crippen molar-refractivity contribution in [3.8, 4) is 0 Å². The highest BCUT2D eigenvalue weighted by atomic mass is 16.5. The minimum atomic E-state index is -0.255. The first kappa shape index (κ1) is 13.8. The molecule has 0 unspecified atom stereocenters.